The summed E-state index contributed by atoms with van der Waals surface area (Å²) in [6.45, 7) is 1.87. The molecule has 0 amide bonds. The van der Waals surface area contributed by atoms with Crippen LogP contribution in [0, 0.1) is 0 Å². The fraction of sp³-hybridized carbons (Fsp3) is 0.786. The number of aromatic nitrogens is 2. The first-order valence-electron chi connectivity index (χ1n) is 7.26. The molecule has 1 rings (SSSR count). The summed E-state index contributed by atoms with van der Waals surface area (Å²) in [6.07, 6.45) is 2.81. The molecule has 0 fully saturated rings. The Morgan fingerprint density at radius 2 is 2.14 bits per heavy atom. The summed E-state index contributed by atoms with van der Waals surface area (Å²) in [5.41, 5.74) is 1.14. The monoisotopic (exact) mass is 307 g/mol. The molecule has 1 aromatic rings. The standard InChI is InChI=1S/C14H24F3N3O/c1-3-7-18-13(6-8-21-11-14(15,16)17)5-4-12-9-19-20(2)10-12/h9-10,13,18H,3-8,11H2,1-2H3. The zero-order valence-electron chi connectivity index (χ0n) is 12.6. The Balaban J connectivity index is 2.29. The van der Waals surface area contributed by atoms with Gasteiger partial charge < -0.3 is 10.1 Å². The molecule has 21 heavy (non-hydrogen) atoms. The second kappa shape index (κ2) is 9.04. The van der Waals surface area contributed by atoms with Gasteiger partial charge in [-0.1, -0.05) is 6.92 Å². The molecule has 1 unspecified atom stereocenters. The maximum absolute atomic E-state index is 12.0. The number of aryl methyl sites for hydroxylation is 2. The molecule has 1 atom stereocenters. The molecule has 0 bridgehead atoms. The minimum Gasteiger partial charge on any atom is -0.372 e. The summed E-state index contributed by atoms with van der Waals surface area (Å²) < 4.78 is 42.4. The highest BCUT2D eigenvalue weighted by atomic mass is 19.4. The smallest absolute Gasteiger partial charge is 0.372 e. The number of hydrogen-bond acceptors (Lipinski definition) is 3. The molecule has 0 aliphatic heterocycles. The molecule has 0 aliphatic rings. The molecule has 0 saturated carbocycles. The maximum atomic E-state index is 12.0. The number of alkyl halides is 3. The number of hydrogen-bond donors (Lipinski definition) is 1. The van der Waals surface area contributed by atoms with Crippen LogP contribution in [0.25, 0.3) is 0 Å². The van der Waals surface area contributed by atoms with Crippen molar-refractivity contribution >= 4 is 0 Å². The van der Waals surface area contributed by atoms with E-state index >= 15 is 0 Å². The van der Waals surface area contributed by atoms with Crippen LogP contribution in [0.5, 0.6) is 0 Å². The van der Waals surface area contributed by atoms with Gasteiger partial charge in [0.05, 0.1) is 6.20 Å². The van der Waals surface area contributed by atoms with Crippen molar-refractivity contribution in [2.75, 3.05) is 19.8 Å². The maximum Gasteiger partial charge on any atom is 0.411 e. The van der Waals surface area contributed by atoms with Crippen molar-refractivity contribution in [1.82, 2.24) is 15.1 Å². The Hall–Kier alpha value is -1.08. The number of nitrogens with zero attached hydrogens (tertiary/aromatic N) is 2. The van der Waals surface area contributed by atoms with Crippen molar-refractivity contribution < 1.29 is 17.9 Å². The molecule has 0 aliphatic carbocycles. The van der Waals surface area contributed by atoms with Crippen LogP contribution in [0.4, 0.5) is 13.2 Å². The van der Waals surface area contributed by atoms with Crippen molar-refractivity contribution in [3.63, 3.8) is 0 Å². The third kappa shape index (κ3) is 8.72. The molecule has 7 heteroatoms. The molecule has 1 heterocycles. The number of ether oxygens (including phenoxy) is 1. The van der Waals surface area contributed by atoms with Gasteiger partial charge in [0.1, 0.15) is 6.61 Å². The molecule has 0 radical (unpaired) electrons. The van der Waals surface area contributed by atoms with Crippen LogP contribution < -0.4 is 5.32 Å². The van der Waals surface area contributed by atoms with Gasteiger partial charge in [0.15, 0.2) is 0 Å². The fourth-order valence-corrected chi connectivity index (χ4v) is 2.05. The Bertz CT molecular complexity index is 393. The van der Waals surface area contributed by atoms with Crippen LogP contribution in [-0.2, 0) is 18.2 Å². The van der Waals surface area contributed by atoms with E-state index in [0.717, 1.165) is 31.4 Å². The van der Waals surface area contributed by atoms with Crippen molar-refractivity contribution in [1.29, 1.82) is 0 Å². The fourth-order valence-electron chi connectivity index (χ4n) is 2.05. The highest BCUT2D eigenvalue weighted by molar-refractivity contribution is 5.03. The minimum atomic E-state index is -4.25. The summed E-state index contributed by atoms with van der Waals surface area (Å²) in [5, 5.41) is 7.46. The normalized spacial score (nSPS) is 13.6. The first kappa shape index (κ1) is 18.0. The highest BCUT2D eigenvalue weighted by Crippen LogP contribution is 2.15. The predicted molar refractivity (Wildman–Crippen MR) is 75.1 cm³/mol. The number of halogens is 3. The van der Waals surface area contributed by atoms with Gasteiger partial charge in [0.25, 0.3) is 0 Å². The van der Waals surface area contributed by atoms with Crippen LogP contribution >= 0.6 is 0 Å². The summed E-state index contributed by atoms with van der Waals surface area (Å²) in [6, 6.07) is 0.165. The summed E-state index contributed by atoms with van der Waals surface area (Å²) in [4.78, 5) is 0. The van der Waals surface area contributed by atoms with E-state index in [1.165, 1.54) is 0 Å². The quantitative estimate of drug-likeness (QED) is 0.676. The Morgan fingerprint density at radius 3 is 2.71 bits per heavy atom. The van der Waals surface area contributed by atoms with Gasteiger partial charge in [-0.2, -0.15) is 18.3 Å². The largest absolute Gasteiger partial charge is 0.411 e. The lowest BCUT2D eigenvalue weighted by Gasteiger charge is -2.18. The van der Waals surface area contributed by atoms with Gasteiger partial charge in [0, 0.05) is 25.9 Å². The van der Waals surface area contributed by atoms with Crippen LogP contribution in [0.2, 0.25) is 0 Å². The second-order valence-corrected chi connectivity index (χ2v) is 5.17. The molecular formula is C14H24F3N3O. The zero-order chi connectivity index (χ0) is 15.7. The average molecular weight is 307 g/mol. The molecule has 1 aromatic heterocycles. The van der Waals surface area contributed by atoms with E-state index in [4.69, 9.17) is 0 Å². The summed E-state index contributed by atoms with van der Waals surface area (Å²) >= 11 is 0. The topological polar surface area (TPSA) is 39.1 Å². The minimum absolute atomic E-state index is 0.119. The van der Waals surface area contributed by atoms with Crippen molar-refractivity contribution in [2.45, 2.75) is 44.8 Å². The molecule has 0 saturated heterocycles. The van der Waals surface area contributed by atoms with Gasteiger partial charge in [-0.25, -0.2) is 0 Å². The first-order valence-corrected chi connectivity index (χ1v) is 7.26. The molecular weight excluding hydrogens is 283 g/mol. The lowest BCUT2D eigenvalue weighted by Crippen LogP contribution is -2.32. The van der Waals surface area contributed by atoms with E-state index in [9.17, 15) is 13.2 Å². The van der Waals surface area contributed by atoms with E-state index in [0.29, 0.717) is 6.42 Å². The second-order valence-electron chi connectivity index (χ2n) is 5.17. The molecule has 122 valence electrons. The third-order valence-corrected chi connectivity index (χ3v) is 3.10. The van der Waals surface area contributed by atoms with Gasteiger partial charge >= 0.3 is 6.18 Å². The molecule has 4 nitrogen and oxygen atoms in total. The Morgan fingerprint density at radius 1 is 1.38 bits per heavy atom. The van der Waals surface area contributed by atoms with E-state index in [-0.39, 0.29) is 12.6 Å². The van der Waals surface area contributed by atoms with Gasteiger partial charge in [-0.05, 0) is 37.8 Å². The van der Waals surface area contributed by atoms with Crippen molar-refractivity contribution in [3.8, 4) is 0 Å². The van der Waals surface area contributed by atoms with E-state index in [1.807, 2.05) is 19.4 Å². The van der Waals surface area contributed by atoms with Crippen LogP contribution in [0.1, 0.15) is 31.7 Å². The van der Waals surface area contributed by atoms with Gasteiger partial charge in [-0.15, -0.1) is 0 Å². The van der Waals surface area contributed by atoms with Crippen LogP contribution in [0.15, 0.2) is 12.4 Å². The SMILES string of the molecule is CCCNC(CCOCC(F)(F)F)CCc1cnn(C)c1. The summed E-state index contributed by atoms with van der Waals surface area (Å²) in [5.74, 6) is 0. The Kier molecular flexibility index (Phi) is 7.74. The molecule has 0 spiro atoms. The lowest BCUT2D eigenvalue weighted by atomic mass is 10.1. The zero-order valence-corrected chi connectivity index (χ0v) is 12.6. The number of rotatable bonds is 10. The van der Waals surface area contributed by atoms with Crippen LogP contribution in [-0.4, -0.2) is 41.8 Å². The van der Waals surface area contributed by atoms with E-state index in [2.05, 4.69) is 22.1 Å². The third-order valence-electron chi connectivity index (χ3n) is 3.10. The lowest BCUT2D eigenvalue weighted by molar-refractivity contribution is -0.174. The average Bonchev–Trinajstić information content (AvgIpc) is 2.81. The van der Waals surface area contributed by atoms with E-state index < -0.39 is 12.8 Å². The Labute approximate surface area is 123 Å². The molecule has 1 N–H and O–H groups in total. The van der Waals surface area contributed by atoms with Gasteiger partial charge in [-0.3, -0.25) is 4.68 Å². The van der Waals surface area contributed by atoms with Gasteiger partial charge in [0.2, 0.25) is 0 Å². The van der Waals surface area contributed by atoms with Crippen molar-refractivity contribution in [3.05, 3.63) is 18.0 Å². The number of nitrogens with one attached hydrogen (secondary N) is 1. The first-order chi connectivity index (χ1) is 9.90. The highest BCUT2D eigenvalue weighted by Gasteiger charge is 2.27. The predicted octanol–water partition coefficient (Wildman–Crippen LogP) is 2.69. The summed E-state index contributed by atoms with van der Waals surface area (Å²) in [7, 11) is 1.86. The molecule has 0 aromatic carbocycles. The van der Waals surface area contributed by atoms with E-state index in [1.54, 1.807) is 4.68 Å². The van der Waals surface area contributed by atoms with Crippen molar-refractivity contribution in [2.24, 2.45) is 7.05 Å². The van der Waals surface area contributed by atoms with Crippen LogP contribution in [0.3, 0.4) is 0 Å².